The van der Waals surface area contributed by atoms with Crippen molar-refractivity contribution in [2.24, 2.45) is 11.7 Å². The number of hydrogen-bond donors (Lipinski definition) is 5. The number of amides is 1. The van der Waals surface area contributed by atoms with Crippen molar-refractivity contribution in [1.82, 2.24) is 19.9 Å². The molecule has 2 heterocycles. The van der Waals surface area contributed by atoms with Gasteiger partial charge in [0.05, 0.1) is 4.90 Å². The lowest BCUT2D eigenvalue weighted by Crippen LogP contribution is -2.51. The van der Waals surface area contributed by atoms with E-state index in [-0.39, 0.29) is 23.2 Å². The topological polar surface area (TPSA) is 144 Å². The number of hydrogen-bond acceptors (Lipinski definition) is 4. The van der Waals surface area contributed by atoms with Crippen LogP contribution >= 0.6 is 0 Å². The molecule has 42 heavy (non-hydrogen) atoms. The third-order valence-electron chi connectivity index (χ3n) is 8.12. The normalized spacial score (nSPS) is 16.6. The van der Waals surface area contributed by atoms with Gasteiger partial charge in [0.15, 0.2) is 5.96 Å². The molecular formula is C32H34N6O3S. The summed E-state index contributed by atoms with van der Waals surface area (Å²) in [5.41, 5.74) is 7.45. The van der Waals surface area contributed by atoms with Crippen LogP contribution in [0.15, 0.2) is 90.0 Å². The van der Waals surface area contributed by atoms with Crippen LogP contribution in [0.1, 0.15) is 18.4 Å². The van der Waals surface area contributed by atoms with Crippen LogP contribution in [0.2, 0.25) is 0 Å². The molecule has 216 valence electrons. The predicted molar refractivity (Wildman–Crippen MR) is 167 cm³/mol. The number of piperidine rings is 1. The molecule has 1 saturated heterocycles. The number of nitrogens with one attached hydrogen (secondary N) is 4. The van der Waals surface area contributed by atoms with Crippen molar-refractivity contribution in [3.8, 4) is 0 Å². The maximum atomic E-state index is 13.7. The number of likely N-dealkylation sites (tertiary alicyclic amines) is 1. The molecule has 0 spiro atoms. The minimum atomic E-state index is -4.04. The van der Waals surface area contributed by atoms with Crippen molar-refractivity contribution < 1.29 is 13.2 Å². The highest BCUT2D eigenvalue weighted by Gasteiger charge is 2.29. The lowest BCUT2D eigenvalue weighted by molar-refractivity contribution is -0.122. The quantitative estimate of drug-likeness (QED) is 0.106. The number of nitrogens with zero attached hydrogens (tertiary/aromatic N) is 1. The van der Waals surface area contributed by atoms with Crippen LogP contribution in [0, 0.1) is 11.3 Å². The molecule has 1 aliphatic heterocycles. The lowest BCUT2D eigenvalue weighted by Gasteiger charge is -2.33. The Morgan fingerprint density at radius 1 is 1.00 bits per heavy atom. The number of carbonyl (C=O) groups excluding carboxylic acids is 1. The highest BCUT2D eigenvalue weighted by molar-refractivity contribution is 7.89. The van der Waals surface area contributed by atoms with Gasteiger partial charge < -0.3 is 20.9 Å². The fraction of sp³-hybridized carbons (Fsp3) is 0.250. The zero-order chi connectivity index (χ0) is 29.3. The molecule has 0 bridgehead atoms. The molecule has 1 aromatic heterocycles. The minimum Gasteiger partial charge on any atom is -0.370 e. The maximum Gasteiger partial charge on any atom is 0.241 e. The molecule has 4 aromatic carbocycles. The number of aromatic nitrogens is 1. The molecule has 5 aromatic rings. The van der Waals surface area contributed by atoms with Gasteiger partial charge in [-0.05, 0) is 82.6 Å². The van der Waals surface area contributed by atoms with E-state index in [1.165, 1.54) is 0 Å². The highest BCUT2D eigenvalue weighted by Crippen LogP contribution is 2.26. The van der Waals surface area contributed by atoms with Crippen molar-refractivity contribution in [1.29, 1.82) is 5.41 Å². The van der Waals surface area contributed by atoms with Crippen LogP contribution in [0.25, 0.3) is 32.4 Å². The van der Waals surface area contributed by atoms with Gasteiger partial charge in [0.2, 0.25) is 15.9 Å². The Hall–Kier alpha value is -4.41. The van der Waals surface area contributed by atoms with E-state index < -0.39 is 22.0 Å². The molecule has 6 N–H and O–H groups in total. The van der Waals surface area contributed by atoms with Crippen molar-refractivity contribution >= 4 is 54.3 Å². The second-order valence-electron chi connectivity index (χ2n) is 11.0. The number of rotatable bonds is 8. The second kappa shape index (κ2) is 11.5. The zero-order valence-corrected chi connectivity index (χ0v) is 24.0. The first-order valence-electron chi connectivity index (χ1n) is 14.1. The number of fused-ring (bicyclic) bond motifs is 3. The van der Waals surface area contributed by atoms with Gasteiger partial charge in [-0.25, -0.2) is 8.42 Å². The zero-order valence-electron chi connectivity index (χ0n) is 23.1. The summed E-state index contributed by atoms with van der Waals surface area (Å²) in [6, 6.07) is 23.7. The Bertz CT molecular complexity index is 1900. The molecule has 1 aliphatic rings. The standard InChI is InChI=1S/C32H34N6O3S/c33-32(34)38-13-5-6-21(20-38)18-36-31(39)30(17-26-19-35-29-10-4-3-9-28(26)29)37-42(40,41)27-12-11-24-14-22-7-1-2-8-23(22)15-25(24)16-27/h1-4,7-12,14-16,19,21,30,35,37H,5-6,13,17-18,20H2,(H3,33,34)(H,36,39). The Balaban J connectivity index is 1.26. The molecule has 6 rings (SSSR count). The van der Waals surface area contributed by atoms with Crippen LogP contribution in [0.3, 0.4) is 0 Å². The molecule has 2 atom stereocenters. The van der Waals surface area contributed by atoms with Crippen molar-refractivity contribution in [3.63, 3.8) is 0 Å². The molecule has 1 fully saturated rings. The Kier molecular flexibility index (Phi) is 7.57. The van der Waals surface area contributed by atoms with Crippen LogP contribution < -0.4 is 15.8 Å². The molecule has 9 nitrogen and oxygen atoms in total. The average molecular weight is 583 g/mol. The van der Waals surface area contributed by atoms with Crippen LogP contribution in [0.4, 0.5) is 0 Å². The number of nitrogens with two attached hydrogens (primary N) is 1. The number of carbonyl (C=O) groups is 1. The molecule has 1 amide bonds. The van der Waals surface area contributed by atoms with E-state index in [0.717, 1.165) is 57.4 Å². The number of guanidine groups is 1. The van der Waals surface area contributed by atoms with E-state index in [1.54, 1.807) is 23.1 Å². The summed E-state index contributed by atoms with van der Waals surface area (Å²) in [6.07, 6.45) is 3.78. The predicted octanol–water partition coefficient (Wildman–Crippen LogP) is 4.09. The minimum absolute atomic E-state index is 0.0272. The van der Waals surface area contributed by atoms with Gasteiger partial charge in [-0.2, -0.15) is 4.72 Å². The smallest absolute Gasteiger partial charge is 0.241 e. The van der Waals surface area contributed by atoms with Gasteiger partial charge in [0.25, 0.3) is 0 Å². The van der Waals surface area contributed by atoms with Gasteiger partial charge in [-0.15, -0.1) is 0 Å². The van der Waals surface area contributed by atoms with Crippen molar-refractivity contribution in [2.45, 2.75) is 30.2 Å². The molecular weight excluding hydrogens is 548 g/mol. The first kappa shape index (κ1) is 27.7. The largest absolute Gasteiger partial charge is 0.370 e. The monoisotopic (exact) mass is 582 g/mol. The number of H-pyrrole nitrogens is 1. The van der Waals surface area contributed by atoms with Gasteiger partial charge in [0, 0.05) is 36.7 Å². The molecule has 2 unspecified atom stereocenters. The van der Waals surface area contributed by atoms with Crippen LogP contribution in [0.5, 0.6) is 0 Å². The van der Waals surface area contributed by atoms with Crippen LogP contribution in [-0.2, 0) is 21.2 Å². The van der Waals surface area contributed by atoms with Gasteiger partial charge >= 0.3 is 0 Å². The second-order valence-corrected chi connectivity index (χ2v) is 12.7. The van der Waals surface area contributed by atoms with Crippen molar-refractivity contribution in [3.05, 3.63) is 90.6 Å². The fourth-order valence-corrected chi connectivity index (χ4v) is 7.10. The van der Waals surface area contributed by atoms with Gasteiger partial charge in [0.1, 0.15) is 6.04 Å². The molecule has 0 aliphatic carbocycles. The highest BCUT2D eigenvalue weighted by atomic mass is 32.2. The summed E-state index contributed by atoms with van der Waals surface area (Å²) in [4.78, 5) is 18.7. The first-order valence-corrected chi connectivity index (χ1v) is 15.6. The van der Waals surface area contributed by atoms with Gasteiger partial charge in [-0.1, -0.05) is 48.5 Å². The fourth-order valence-electron chi connectivity index (χ4n) is 5.87. The first-order chi connectivity index (χ1) is 20.3. The molecule has 0 radical (unpaired) electrons. The number of benzene rings is 4. The number of para-hydroxylation sites is 1. The van der Waals surface area contributed by atoms with Gasteiger partial charge in [-0.3, -0.25) is 10.2 Å². The van der Waals surface area contributed by atoms with E-state index in [2.05, 4.69) is 15.0 Å². The Labute approximate surface area is 244 Å². The summed E-state index contributed by atoms with van der Waals surface area (Å²) in [6.45, 7) is 1.68. The summed E-state index contributed by atoms with van der Waals surface area (Å²) in [7, 11) is -4.04. The van der Waals surface area contributed by atoms with E-state index in [0.29, 0.717) is 13.1 Å². The summed E-state index contributed by atoms with van der Waals surface area (Å²) in [5, 5.41) is 15.5. The average Bonchev–Trinajstić information content (AvgIpc) is 3.40. The maximum absolute atomic E-state index is 13.7. The van der Waals surface area contributed by atoms with E-state index in [1.807, 2.05) is 66.9 Å². The third-order valence-corrected chi connectivity index (χ3v) is 9.59. The van der Waals surface area contributed by atoms with Crippen LogP contribution in [-0.4, -0.2) is 55.8 Å². The summed E-state index contributed by atoms with van der Waals surface area (Å²) < 4.78 is 30.2. The molecule has 0 saturated carbocycles. The Morgan fingerprint density at radius 2 is 1.71 bits per heavy atom. The Morgan fingerprint density at radius 3 is 2.50 bits per heavy atom. The number of aromatic amines is 1. The lowest BCUT2D eigenvalue weighted by atomic mass is 9.98. The van der Waals surface area contributed by atoms with Crippen molar-refractivity contribution in [2.75, 3.05) is 19.6 Å². The third kappa shape index (κ3) is 5.81. The number of sulfonamides is 1. The summed E-state index contributed by atoms with van der Waals surface area (Å²) in [5.74, 6) is -0.248. The van der Waals surface area contributed by atoms with E-state index >= 15 is 0 Å². The molecule has 10 heteroatoms. The summed E-state index contributed by atoms with van der Waals surface area (Å²) >= 11 is 0. The van der Waals surface area contributed by atoms with E-state index in [4.69, 9.17) is 11.1 Å². The van der Waals surface area contributed by atoms with E-state index in [9.17, 15) is 13.2 Å². The SMILES string of the molecule is N=C(N)N1CCCC(CNC(=O)C(Cc2c[nH]c3ccccc23)NS(=O)(=O)c2ccc3cc4ccccc4cc3c2)C1.